The van der Waals surface area contributed by atoms with E-state index in [-0.39, 0.29) is 0 Å². The summed E-state index contributed by atoms with van der Waals surface area (Å²) in [6, 6.07) is 5.36. The Bertz CT molecular complexity index is 290. The van der Waals surface area contributed by atoms with Crippen molar-refractivity contribution in [2.24, 2.45) is 5.92 Å². The molecule has 1 aromatic heterocycles. The van der Waals surface area contributed by atoms with Gasteiger partial charge in [0.15, 0.2) is 0 Å². The summed E-state index contributed by atoms with van der Waals surface area (Å²) in [5.74, 6) is 0.718. The smallest absolute Gasteiger partial charge is 0.0419 e. The van der Waals surface area contributed by atoms with Crippen molar-refractivity contribution < 1.29 is 0 Å². The Morgan fingerprint density at radius 1 is 1.44 bits per heavy atom. The predicted octanol–water partition coefficient (Wildman–Crippen LogP) is 4.39. The minimum atomic E-state index is 0.495. The lowest BCUT2D eigenvalue weighted by Crippen LogP contribution is -2.30. The number of rotatable bonds is 7. The Morgan fingerprint density at radius 3 is 2.69 bits per heavy atom. The van der Waals surface area contributed by atoms with Crippen LogP contribution < -0.4 is 5.32 Å². The van der Waals surface area contributed by atoms with Crippen LogP contribution in [0, 0.1) is 5.92 Å². The van der Waals surface area contributed by atoms with Gasteiger partial charge in [0.25, 0.3) is 0 Å². The van der Waals surface area contributed by atoms with Gasteiger partial charge in [0.2, 0.25) is 0 Å². The molecule has 0 aromatic carbocycles. The van der Waals surface area contributed by atoms with E-state index < -0.39 is 0 Å². The molecule has 2 atom stereocenters. The molecule has 0 saturated carbocycles. The zero-order valence-electron chi connectivity index (χ0n) is 10.6. The molecule has 0 fully saturated rings. The summed E-state index contributed by atoms with van der Waals surface area (Å²) < 4.78 is 0. The summed E-state index contributed by atoms with van der Waals surface area (Å²) in [5.41, 5.74) is 0. The minimum absolute atomic E-state index is 0.495. The normalized spacial score (nSPS) is 15.0. The molecule has 0 amide bonds. The van der Waals surface area contributed by atoms with E-state index in [4.69, 9.17) is 0 Å². The number of hydrogen-bond acceptors (Lipinski definition) is 2. The third-order valence-corrected chi connectivity index (χ3v) is 3.59. The van der Waals surface area contributed by atoms with Gasteiger partial charge in [0.1, 0.15) is 0 Å². The van der Waals surface area contributed by atoms with Crippen LogP contribution in [-0.2, 0) is 0 Å². The van der Waals surface area contributed by atoms with E-state index in [1.54, 1.807) is 0 Å². The molecule has 1 heterocycles. The lowest BCUT2D eigenvalue weighted by atomic mass is 10.0. The van der Waals surface area contributed by atoms with Gasteiger partial charge in [-0.1, -0.05) is 26.0 Å². The number of nitrogens with one attached hydrogen (secondary N) is 1. The second kappa shape index (κ2) is 6.87. The maximum Gasteiger partial charge on any atom is 0.0419 e. The highest BCUT2D eigenvalue weighted by molar-refractivity contribution is 7.10. The van der Waals surface area contributed by atoms with Gasteiger partial charge in [-0.05, 0) is 37.1 Å². The van der Waals surface area contributed by atoms with E-state index >= 15 is 0 Å². The quantitative estimate of drug-likeness (QED) is 0.694. The fourth-order valence-electron chi connectivity index (χ4n) is 1.89. The standard InChI is InChI=1S/C14H23NS/c1-5-7-12(4)15-13(10-11(2)3)14-8-6-9-16-14/h5-6,8-9,11-13,15H,1,7,10H2,2-4H3. The summed E-state index contributed by atoms with van der Waals surface area (Å²) in [4.78, 5) is 1.45. The van der Waals surface area contributed by atoms with Crippen LogP contribution in [0.15, 0.2) is 30.2 Å². The van der Waals surface area contributed by atoms with Crippen LogP contribution in [0.5, 0.6) is 0 Å². The van der Waals surface area contributed by atoms with Crippen molar-refractivity contribution in [1.29, 1.82) is 0 Å². The minimum Gasteiger partial charge on any atom is -0.306 e. The molecular weight excluding hydrogens is 214 g/mol. The molecule has 90 valence electrons. The highest BCUT2D eigenvalue weighted by Gasteiger charge is 2.15. The zero-order chi connectivity index (χ0) is 12.0. The molecule has 1 N–H and O–H groups in total. The van der Waals surface area contributed by atoms with Crippen molar-refractivity contribution in [3.05, 3.63) is 35.0 Å². The van der Waals surface area contributed by atoms with Gasteiger partial charge < -0.3 is 5.32 Å². The molecule has 1 rings (SSSR count). The largest absolute Gasteiger partial charge is 0.306 e. The topological polar surface area (TPSA) is 12.0 Å². The molecule has 0 aliphatic heterocycles. The van der Waals surface area contributed by atoms with Gasteiger partial charge in [0, 0.05) is 17.0 Å². The van der Waals surface area contributed by atoms with Crippen LogP contribution in [0.4, 0.5) is 0 Å². The average Bonchev–Trinajstić information content (AvgIpc) is 2.68. The first-order valence-electron chi connectivity index (χ1n) is 6.03. The van der Waals surface area contributed by atoms with E-state index in [0.29, 0.717) is 12.1 Å². The third-order valence-electron chi connectivity index (χ3n) is 2.60. The van der Waals surface area contributed by atoms with Gasteiger partial charge in [-0.3, -0.25) is 0 Å². The van der Waals surface area contributed by atoms with Crippen LogP contribution >= 0.6 is 11.3 Å². The molecule has 2 unspecified atom stereocenters. The molecule has 0 radical (unpaired) electrons. The van der Waals surface area contributed by atoms with E-state index in [1.807, 2.05) is 17.4 Å². The Hall–Kier alpha value is -0.600. The monoisotopic (exact) mass is 237 g/mol. The van der Waals surface area contributed by atoms with Gasteiger partial charge >= 0.3 is 0 Å². The molecule has 2 heteroatoms. The SMILES string of the molecule is C=CCC(C)NC(CC(C)C)c1cccs1. The first kappa shape index (κ1) is 13.5. The summed E-state index contributed by atoms with van der Waals surface area (Å²) in [6.45, 7) is 10.6. The number of hydrogen-bond donors (Lipinski definition) is 1. The van der Waals surface area contributed by atoms with Crippen LogP contribution in [0.1, 0.15) is 44.5 Å². The van der Waals surface area contributed by atoms with Crippen molar-refractivity contribution in [2.45, 2.75) is 45.7 Å². The van der Waals surface area contributed by atoms with E-state index in [2.05, 4.69) is 50.2 Å². The van der Waals surface area contributed by atoms with Gasteiger partial charge in [0.05, 0.1) is 0 Å². The van der Waals surface area contributed by atoms with Crippen molar-refractivity contribution in [2.75, 3.05) is 0 Å². The summed E-state index contributed by atoms with van der Waals surface area (Å²) in [7, 11) is 0. The second-order valence-electron chi connectivity index (χ2n) is 4.79. The van der Waals surface area contributed by atoms with E-state index in [9.17, 15) is 0 Å². The van der Waals surface area contributed by atoms with Crippen molar-refractivity contribution in [1.82, 2.24) is 5.32 Å². The highest BCUT2D eigenvalue weighted by atomic mass is 32.1. The fourth-order valence-corrected chi connectivity index (χ4v) is 2.69. The van der Waals surface area contributed by atoms with Crippen LogP contribution in [0.25, 0.3) is 0 Å². The molecule has 1 aromatic rings. The van der Waals surface area contributed by atoms with Crippen molar-refractivity contribution in [3.8, 4) is 0 Å². The lowest BCUT2D eigenvalue weighted by Gasteiger charge is -2.23. The molecule has 16 heavy (non-hydrogen) atoms. The van der Waals surface area contributed by atoms with Crippen molar-refractivity contribution >= 4 is 11.3 Å². The first-order chi connectivity index (χ1) is 7.63. The van der Waals surface area contributed by atoms with Gasteiger partial charge in [-0.25, -0.2) is 0 Å². The Balaban J connectivity index is 2.61. The fraction of sp³-hybridized carbons (Fsp3) is 0.571. The molecular formula is C14H23NS. The van der Waals surface area contributed by atoms with Crippen molar-refractivity contribution in [3.63, 3.8) is 0 Å². The molecule has 0 aliphatic rings. The molecule has 0 saturated heterocycles. The number of thiophene rings is 1. The molecule has 1 nitrogen and oxygen atoms in total. The highest BCUT2D eigenvalue weighted by Crippen LogP contribution is 2.26. The predicted molar refractivity (Wildman–Crippen MR) is 73.9 cm³/mol. The zero-order valence-corrected chi connectivity index (χ0v) is 11.4. The molecule has 0 aliphatic carbocycles. The Labute approximate surface area is 104 Å². The summed E-state index contributed by atoms with van der Waals surface area (Å²) in [6.07, 6.45) is 4.21. The van der Waals surface area contributed by atoms with E-state index in [1.165, 1.54) is 11.3 Å². The van der Waals surface area contributed by atoms with E-state index in [0.717, 1.165) is 12.3 Å². The summed E-state index contributed by atoms with van der Waals surface area (Å²) in [5, 5.41) is 5.85. The van der Waals surface area contributed by atoms with Gasteiger partial charge in [-0.2, -0.15) is 0 Å². The lowest BCUT2D eigenvalue weighted by molar-refractivity contribution is 0.394. The maximum absolute atomic E-state index is 3.79. The maximum atomic E-state index is 3.79. The van der Waals surface area contributed by atoms with Crippen LogP contribution in [0.2, 0.25) is 0 Å². The van der Waals surface area contributed by atoms with Gasteiger partial charge in [-0.15, -0.1) is 17.9 Å². The second-order valence-corrected chi connectivity index (χ2v) is 5.77. The van der Waals surface area contributed by atoms with Crippen LogP contribution in [0.3, 0.4) is 0 Å². The first-order valence-corrected chi connectivity index (χ1v) is 6.91. The molecule has 0 bridgehead atoms. The van der Waals surface area contributed by atoms with Crippen LogP contribution in [-0.4, -0.2) is 6.04 Å². The Kier molecular flexibility index (Phi) is 5.78. The average molecular weight is 237 g/mol. The Morgan fingerprint density at radius 2 is 2.19 bits per heavy atom. The summed E-state index contributed by atoms with van der Waals surface area (Å²) >= 11 is 1.84. The molecule has 0 spiro atoms. The third kappa shape index (κ3) is 4.50.